The Morgan fingerprint density at radius 3 is 2.31 bits per heavy atom. The molecule has 0 spiro atoms. The van der Waals surface area contributed by atoms with E-state index >= 15 is 0 Å². The minimum atomic E-state index is -4.66. The van der Waals surface area contributed by atoms with Gasteiger partial charge in [0.25, 0.3) is 0 Å². The zero-order valence-corrected chi connectivity index (χ0v) is 21.1. The maximum absolute atomic E-state index is 13.1. The average molecular weight is 561 g/mol. The molecular formula is C24H21Cl2F3N2O4S. The van der Waals surface area contributed by atoms with Gasteiger partial charge >= 0.3 is 6.18 Å². The number of ether oxygens (including phenoxy) is 1. The second-order valence-electron chi connectivity index (χ2n) is 7.57. The Balaban J connectivity index is 1.92. The van der Waals surface area contributed by atoms with E-state index in [1.54, 1.807) is 37.3 Å². The van der Waals surface area contributed by atoms with Crippen LogP contribution in [0.1, 0.15) is 18.1 Å². The van der Waals surface area contributed by atoms with Crippen LogP contribution in [0.5, 0.6) is 5.75 Å². The Labute approximate surface area is 216 Å². The first-order valence-electron chi connectivity index (χ1n) is 10.6. The van der Waals surface area contributed by atoms with Gasteiger partial charge < -0.3 is 10.1 Å². The molecule has 36 heavy (non-hydrogen) atoms. The van der Waals surface area contributed by atoms with Crippen molar-refractivity contribution in [2.45, 2.75) is 30.5 Å². The summed E-state index contributed by atoms with van der Waals surface area (Å²) < 4.78 is 73.2. The molecule has 0 fully saturated rings. The molecule has 1 amide bonds. The Morgan fingerprint density at radius 1 is 1.00 bits per heavy atom. The van der Waals surface area contributed by atoms with E-state index in [4.69, 9.17) is 27.9 Å². The van der Waals surface area contributed by atoms with E-state index in [-0.39, 0.29) is 32.8 Å². The Bertz CT molecular complexity index is 1340. The number of alkyl halides is 3. The summed E-state index contributed by atoms with van der Waals surface area (Å²) in [6, 6.07) is 13.4. The summed E-state index contributed by atoms with van der Waals surface area (Å²) in [5, 5.41) is 2.22. The highest BCUT2D eigenvalue weighted by Crippen LogP contribution is 2.34. The topological polar surface area (TPSA) is 84.5 Å². The molecule has 1 atom stereocenters. The molecule has 3 aromatic carbocycles. The van der Waals surface area contributed by atoms with Crippen LogP contribution in [0.2, 0.25) is 10.0 Å². The van der Waals surface area contributed by atoms with E-state index in [0.29, 0.717) is 18.2 Å². The van der Waals surface area contributed by atoms with Crippen molar-refractivity contribution >= 4 is 44.8 Å². The van der Waals surface area contributed by atoms with E-state index in [1.807, 2.05) is 0 Å². The third-order valence-electron chi connectivity index (χ3n) is 4.96. The van der Waals surface area contributed by atoms with Gasteiger partial charge in [-0.3, -0.25) is 4.79 Å². The molecule has 1 unspecified atom stereocenters. The molecule has 2 N–H and O–H groups in total. The molecule has 0 aromatic heterocycles. The molecule has 0 aliphatic rings. The van der Waals surface area contributed by atoms with Gasteiger partial charge in [0.2, 0.25) is 15.9 Å². The van der Waals surface area contributed by atoms with Crippen molar-refractivity contribution in [3.05, 3.63) is 87.9 Å². The molecule has 0 aliphatic carbocycles. The van der Waals surface area contributed by atoms with Gasteiger partial charge in [0.15, 0.2) is 0 Å². The molecular weight excluding hydrogens is 540 g/mol. The van der Waals surface area contributed by atoms with Crippen molar-refractivity contribution in [3.8, 4) is 5.75 Å². The van der Waals surface area contributed by atoms with E-state index in [0.717, 1.165) is 12.1 Å². The van der Waals surface area contributed by atoms with Crippen molar-refractivity contribution in [1.82, 2.24) is 4.72 Å². The Morgan fingerprint density at radius 2 is 1.69 bits per heavy atom. The van der Waals surface area contributed by atoms with Crippen LogP contribution in [0.25, 0.3) is 0 Å². The SMILES string of the molecule is CCOc1ccc(S(=O)(=O)NC(Cc2ccccc2)C(=O)Nc2cc(C(F)(F)F)ccc2Cl)cc1Cl. The average Bonchev–Trinajstić information content (AvgIpc) is 2.81. The smallest absolute Gasteiger partial charge is 0.416 e. The first kappa shape index (κ1) is 27.8. The number of sulfonamides is 1. The molecule has 6 nitrogen and oxygen atoms in total. The number of benzene rings is 3. The number of nitrogens with one attached hydrogen (secondary N) is 2. The van der Waals surface area contributed by atoms with Crippen molar-refractivity contribution in [2.75, 3.05) is 11.9 Å². The van der Waals surface area contributed by atoms with E-state index in [1.165, 1.54) is 18.2 Å². The zero-order valence-electron chi connectivity index (χ0n) is 18.8. The fourth-order valence-corrected chi connectivity index (χ4v) is 4.92. The maximum atomic E-state index is 13.1. The monoisotopic (exact) mass is 560 g/mol. The molecule has 0 heterocycles. The molecule has 0 radical (unpaired) electrons. The van der Waals surface area contributed by atoms with Gasteiger partial charge in [-0.15, -0.1) is 0 Å². The summed E-state index contributed by atoms with van der Waals surface area (Å²) in [6.07, 6.45) is -4.75. The minimum Gasteiger partial charge on any atom is -0.492 e. The lowest BCUT2D eigenvalue weighted by atomic mass is 10.1. The Hall–Kier alpha value is -2.79. The number of amides is 1. The summed E-state index contributed by atoms with van der Waals surface area (Å²) in [5.74, 6) is -0.614. The van der Waals surface area contributed by atoms with E-state index in [9.17, 15) is 26.4 Å². The lowest BCUT2D eigenvalue weighted by Gasteiger charge is -2.20. The zero-order chi connectivity index (χ0) is 26.5. The van der Waals surface area contributed by atoms with Gasteiger partial charge in [0, 0.05) is 0 Å². The third kappa shape index (κ3) is 7.13. The maximum Gasteiger partial charge on any atom is 0.416 e. The van der Waals surface area contributed by atoms with Gasteiger partial charge in [0.05, 0.1) is 32.8 Å². The minimum absolute atomic E-state index is 0.0551. The van der Waals surface area contributed by atoms with Crippen LogP contribution in [-0.2, 0) is 27.4 Å². The predicted octanol–water partition coefficient (Wildman–Crippen LogP) is 5.94. The largest absolute Gasteiger partial charge is 0.492 e. The summed E-state index contributed by atoms with van der Waals surface area (Å²) >= 11 is 12.1. The van der Waals surface area contributed by atoms with Crippen LogP contribution in [0, 0.1) is 0 Å². The van der Waals surface area contributed by atoms with Crippen LogP contribution >= 0.6 is 23.2 Å². The molecule has 3 rings (SSSR count). The molecule has 0 aliphatic heterocycles. The number of carbonyl (C=O) groups is 1. The Kier molecular flexibility index (Phi) is 8.89. The summed E-state index contributed by atoms with van der Waals surface area (Å²) in [4.78, 5) is 12.9. The van der Waals surface area contributed by atoms with Gasteiger partial charge in [0.1, 0.15) is 11.8 Å². The third-order valence-corrected chi connectivity index (χ3v) is 7.06. The molecule has 0 saturated heterocycles. The van der Waals surface area contributed by atoms with Crippen LogP contribution in [0.15, 0.2) is 71.6 Å². The van der Waals surface area contributed by atoms with Crippen molar-refractivity contribution in [3.63, 3.8) is 0 Å². The molecule has 3 aromatic rings. The standard InChI is InChI=1S/C24H21Cl2F3N2O4S/c1-2-35-22-11-9-17(14-19(22)26)36(33,34)31-21(12-15-6-4-3-5-7-15)23(32)30-20-13-16(24(27,28)29)8-10-18(20)25/h3-11,13-14,21,31H,2,12H2,1H3,(H,30,32). The number of rotatable bonds is 9. The van der Waals surface area contributed by atoms with Gasteiger partial charge in [-0.25, -0.2) is 8.42 Å². The number of hydrogen-bond acceptors (Lipinski definition) is 4. The lowest BCUT2D eigenvalue weighted by Crippen LogP contribution is -2.45. The fraction of sp³-hybridized carbons (Fsp3) is 0.208. The summed E-state index contributed by atoms with van der Waals surface area (Å²) in [5.41, 5.74) is -0.718. The normalized spacial score (nSPS) is 12.7. The van der Waals surface area contributed by atoms with Gasteiger partial charge in [-0.1, -0.05) is 53.5 Å². The van der Waals surface area contributed by atoms with E-state index < -0.39 is 33.7 Å². The van der Waals surface area contributed by atoms with Crippen LogP contribution < -0.4 is 14.8 Å². The molecule has 192 valence electrons. The number of anilines is 1. The van der Waals surface area contributed by atoms with E-state index in [2.05, 4.69) is 10.0 Å². The number of halogens is 5. The van der Waals surface area contributed by atoms with Crippen molar-refractivity contribution in [2.24, 2.45) is 0 Å². The fourth-order valence-electron chi connectivity index (χ4n) is 3.23. The van der Waals surface area contributed by atoms with Crippen molar-refractivity contribution < 1.29 is 31.1 Å². The van der Waals surface area contributed by atoms with Gasteiger partial charge in [-0.2, -0.15) is 17.9 Å². The van der Waals surface area contributed by atoms with Crippen molar-refractivity contribution in [1.29, 1.82) is 0 Å². The molecule has 12 heteroatoms. The highest BCUT2D eigenvalue weighted by atomic mass is 35.5. The lowest BCUT2D eigenvalue weighted by molar-refractivity contribution is -0.137. The van der Waals surface area contributed by atoms with Crippen LogP contribution in [0.4, 0.5) is 18.9 Å². The van der Waals surface area contributed by atoms with Crippen LogP contribution in [0.3, 0.4) is 0 Å². The van der Waals surface area contributed by atoms with Gasteiger partial charge in [-0.05, 0) is 55.3 Å². The number of carbonyl (C=O) groups excluding carboxylic acids is 1. The summed E-state index contributed by atoms with van der Waals surface area (Å²) in [7, 11) is -4.28. The first-order chi connectivity index (χ1) is 16.9. The highest BCUT2D eigenvalue weighted by molar-refractivity contribution is 7.89. The molecule has 0 bridgehead atoms. The second kappa shape index (κ2) is 11.5. The second-order valence-corrected chi connectivity index (χ2v) is 10.1. The quantitative estimate of drug-likeness (QED) is 0.339. The highest BCUT2D eigenvalue weighted by Gasteiger charge is 2.32. The predicted molar refractivity (Wildman–Crippen MR) is 132 cm³/mol. The molecule has 0 saturated carbocycles. The van der Waals surface area contributed by atoms with Crippen LogP contribution in [-0.4, -0.2) is 27.0 Å². The first-order valence-corrected chi connectivity index (χ1v) is 12.8. The summed E-state index contributed by atoms with van der Waals surface area (Å²) in [6.45, 7) is 2.06. The number of hydrogen-bond donors (Lipinski definition) is 2.